The summed E-state index contributed by atoms with van der Waals surface area (Å²) in [4.78, 5) is 34.2. The van der Waals surface area contributed by atoms with Crippen LogP contribution in [-0.2, 0) is 9.59 Å². The molecule has 9 heteroatoms. The number of halogens is 2. The lowest BCUT2D eigenvalue weighted by atomic mass is 10.2. The zero-order valence-corrected chi connectivity index (χ0v) is 12.3. The lowest BCUT2D eigenvalue weighted by Gasteiger charge is -2.19. The van der Waals surface area contributed by atoms with Gasteiger partial charge in [-0.2, -0.15) is 0 Å². The maximum absolute atomic E-state index is 12.2. The third kappa shape index (κ3) is 4.51. The van der Waals surface area contributed by atoms with Crippen LogP contribution in [0.25, 0.3) is 0 Å². The standard InChI is InChI=1S/C12H11Cl2NO6/c1-21-11-7(13)2-6(3-8(11)14)12(20)15(4-9(16)17)5-10(18)19/h2-3H,4-5H2,1H3,(H,16,17)(H,18,19). The lowest BCUT2D eigenvalue weighted by Crippen LogP contribution is -2.39. The van der Waals surface area contributed by atoms with E-state index in [-0.39, 0.29) is 21.4 Å². The number of hydrogen-bond acceptors (Lipinski definition) is 4. The Balaban J connectivity index is 3.14. The van der Waals surface area contributed by atoms with Gasteiger partial charge in [0.2, 0.25) is 0 Å². The molecule has 0 saturated carbocycles. The van der Waals surface area contributed by atoms with E-state index >= 15 is 0 Å². The number of nitrogens with zero attached hydrogens (tertiary/aromatic N) is 1. The fourth-order valence-electron chi connectivity index (χ4n) is 1.59. The minimum absolute atomic E-state index is 0.0340. The van der Waals surface area contributed by atoms with E-state index in [0.717, 1.165) is 0 Å². The molecule has 2 N–H and O–H groups in total. The number of carboxylic acids is 2. The molecule has 0 aliphatic heterocycles. The molecule has 1 rings (SSSR count). The third-order valence-electron chi connectivity index (χ3n) is 2.39. The van der Waals surface area contributed by atoms with Gasteiger partial charge in [0.1, 0.15) is 13.1 Å². The molecule has 0 unspecified atom stereocenters. The third-order valence-corrected chi connectivity index (χ3v) is 2.95. The van der Waals surface area contributed by atoms with Crippen LogP contribution in [0, 0.1) is 0 Å². The molecule has 0 aliphatic rings. The van der Waals surface area contributed by atoms with Crippen molar-refractivity contribution in [3.63, 3.8) is 0 Å². The summed E-state index contributed by atoms with van der Waals surface area (Å²) < 4.78 is 4.92. The number of benzene rings is 1. The van der Waals surface area contributed by atoms with Gasteiger partial charge in [-0.25, -0.2) is 0 Å². The molecule has 0 aromatic heterocycles. The van der Waals surface area contributed by atoms with Gasteiger partial charge in [0, 0.05) is 5.56 Å². The Hall–Kier alpha value is -1.99. The average molecular weight is 336 g/mol. The molecule has 1 amide bonds. The molecule has 0 atom stereocenters. The van der Waals surface area contributed by atoms with Gasteiger partial charge < -0.3 is 19.8 Å². The normalized spacial score (nSPS) is 10.0. The topological polar surface area (TPSA) is 104 Å². The van der Waals surface area contributed by atoms with E-state index in [1.54, 1.807) is 0 Å². The Kier molecular flexibility index (Phi) is 5.80. The predicted molar refractivity (Wildman–Crippen MR) is 74.2 cm³/mol. The van der Waals surface area contributed by atoms with Crippen molar-refractivity contribution >= 4 is 41.0 Å². The van der Waals surface area contributed by atoms with Crippen LogP contribution < -0.4 is 4.74 Å². The summed E-state index contributed by atoms with van der Waals surface area (Å²) in [6.45, 7) is -1.52. The molecule has 1 aromatic rings. The Labute approximate surface area is 129 Å². The highest BCUT2D eigenvalue weighted by Crippen LogP contribution is 2.34. The summed E-state index contributed by atoms with van der Waals surface area (Å²) >= 11 is 11.8. The first-order chi connectivity index (χ1) is 9.76. The largest absolute Gasteiger partial charge is 0.494 e. The summed E-state index contributed by atoms with van der Waals surface area (Å²) in [6.07, 6.45) is 0. The second kappa shape index (κ2) is 7.14. The van der Waals surface area contributed by atoms with E-state index in [1.165, 1.54) is 19.2 Å². The second-order valence-corrected chi connectivity index (χ2v) is 4.74. The molecule has 0 bridgehead atoms. The number of methoxy groups -OCH3 is 1. The minimum Gasteiger partial charge on any atom is -0.494 e. The smallest absolute Gasteiger partial charge is 0.323 e. The quantitative estimate of drug-likeness (QED) is 0.818. The van der Waals surface area contributed by atoms with Crippen molar-refractivity contribution in [2.24, 2.45) is 0 Å². The van der Waals surface area contributed by atoms with Crippen molar-refractivity contribution in [2.75, 3.05) is 20.2 Å². The summed E-state index contributed by atoms with van der Waals surface area (Å²) in [5.74, 6) is -3.32. The SMILES string of the molecule is COc1c(Cl)cc(C(=O)N(CC(=O)O)CC(=O)O)cc1Cl. The number of carboxylic acid groups (broad SMARTS) is 2. The summed E-state index contributed by atoms with van der Waals surface area (Å²) in [7, 11) is 1.34. The van der Waals surface area contributed by atoms with E-state index in [4.69, 9.17) is 38.2 Å². The van der Waals surface area contributed by atoms with Crippen LogP contribution in [0.3, 0.4) is 0 Å². The van der Waals surface area contributed by atoms with Crippen molar-refractivity contribution < 1.29 is 29.3 Å². The molecular formula is C12H11Cl2NO6. The van der Waals surface area contributed by atoms with Gasteiger partial charge in [-0.3, -0.25) is 14.4 Å². The molecule has 0 heterocycles. The van der Waals surface area contributed by atoms with Crippen molar-refractivity contribution in [3.8, 4) is 5.75 Å². The number of ether oxygens (including phenoxy) is 1. The van der Waals surface area contributed by atoms with Gasteiger partial charge in [0.25, 0.3) is 5.91 Å². The number of rotatable bonds is 6. The molecule has 0 spiro atoms. The molecule has 21 heavy (non-hydrogen) atoms. The van der Waals surface area contributed by atoms with Gasteiger partial charge in [-0.05, 0) is 12.1 Å². The van der Waals surface area contributed by atoms with Crippen molar-refractivity contribution in [3.05, 3.63) is 27.7 Å². The highest BCUT2D eigenvalue weighted by molar-refractivity contribution is 6.37. The van der Waals surface area contributed by atoms with E-state index in [1.807, 2.05) is 0 Å². The molecule has 7 nitrogen and oxygen atoms in total. The summed E-state index contributed by atoms with van der Waals surface area (Å²) in [5.41, 5.74) is -0.0340. The maximum Gasteiger partial charge on any atom is 0.323 e. The van der Waals surface area contributed by atoms with Crippen LogP contribution in [0.2, 0.25) is 10.0 Å². The van der Waals surface area contributed by atoms with Crippen molar-refractivity contribution in [2.45, 2.75) is 0 Å². The maximum atomic E-state index is 12.2. The van der Waals surface area contributed by atoms with Gasteiger partial charge >= 0.3 is 11.9 Å². The summed E-state index contributed by atoms with van der Waals surface area (Å²) in [6, 6.07) is 2.45. The van der Waals surface area contributed by atoms with E-state index in [0.29, 0.717) is 4.90 Å². The number of carbonyl (C=O) groups is 3. The zero-order chi connectivity index (χ0) is 16.2. The minimum atomic E-state index is -1.34. The van der Waals surface area contributed by atoms with E-state index in [2.05, 4.69) is 0 Å². The Morgan fingerprint density at radius 1 is 1.10 bits per heavy atom. The predicted octanol–water partition coefficient (Wildman–Crippen LogP) is 1.61. The monoisotopic (exact) mass is 335 g/mol. The number of aliphatic carboxylic acids is 2. The zero-order valence-electron chi connectivity index (χ0n) is 10.8. The van der Waals surface area contributed by atoms with Gasteiger partial charge in [-0.15, -0.1) is 0 Å². The number of carbonyl (C=O) groups excluding carboxylic acids is 1. The first-order valence-corrected chi connectivity index (χ1v) is 6.27. The van der Waals surface area contributed by atoms with Crippen LogP contribution in [0.4, 0.5) is 0 Å². The first-order valence-electron chi connectivity index (χ1n) is 5.52. The van der Waals surface area contributed by atoms with E-state index in [9.17, 15) is 14.4 Å². The van der Waals surface area contributed by atoms with Crippen LogP contribution in [0.15, 0.2) is 12.1 Å². The Morgan fingerprint density at radius 3 is 1.86 bits per heavy atom. The highest BCUT2D eigenvalue weighted by atomic mass is 35.5. The molecule has 0 aliphatic carbocycles. The van der Waals surface area contributed by atoms with Crippen molar-refractivity contribution in [1.29, 1.82) is 0 Å². The van der Waals surface area contributed by atoms with Crippen LogP contribution in [0.5, 0.6) is 5.75 Å². The van der Waals surface area contributed by atoms with Gasteiger partial charge in [0.15, 0.2) is 5.75 Å². The fraction of sp³-hybridized carbons (Fsp3) is 0.250. The molecular weight excluding hydrogens is 325 g/mol. The highest BCUT2D eigenvalue weighted by Gasteiger charge is 2.23. The van der Waals surface area contributed by atoms with Gasteiger partial charge in [0.05, 0.1) is 17.2 Å². The first kappa shape index (κ1) is 17.1. The molecule has 114 valence electrons. The number of hydrogen-bond donors (Lipinski definition) is 2. The van der Waals surface area contributed by atoms with Crippen LogP contribution in [0.1, 0.15) is 10.4 Å². The van der Waals surface area contributed by atoms with Crippen LogP contribution >= 0.6 is 23.2 Å². The average Bonchev–Trinajstić information content (AvgIpc) is 2.35. The Bertz CT molecular complexity index is 550. The lowest BCUT2D eigenvalue weighted by molar-refractivity contribution is -0.140. The fourth-order valence-corrected chi connectivity index (χ4v) is 2.23. The summed E-state index contributed by atoms with van der Waals surface area (Å²) in [5, 5.41) is 17.6. The second-order valence-electron chi connectivity index (χ2n) is 3.92. The van der Waals surface area contributed by atoms with E-state index < -0.39 is 30.9 Å². The molecule has 0 radical (unpaired) electrons. The molecule has 1 aromatic carbocycles. The van der Waals surface area contributed by atoms with Gasteiger partial charge in [-0.1, -0.05) is 23.2 Å². The Morgan fingerprint density at radius 2 is 1.52 bits per heavy atom. The van der Waals surface area contributed by atoms with Crippen LogP contribution in [-0.4, -0.2) is 53.2 Å². The molecule has 0 fully saturated rings. The van der Waals surface area contributed by atoms with Crippen molar-refractivity contribution in [1.82, 2.24) is 4.90 Å². The number of amides is 1. The molecule has 0 saturated heterocycles.